The summed E-state index contributed by atoms with van der Waals surface area (Å²) >= 11 is 18.1. The molecule has 0 aromatic carbocycles. The number of carbonyl (C=O) groups excluding carboxylic acids is 2. The molecular formula is C10H11Cl3N2O3S. The molecule has 1 fully saturated rings. The van der Waals surface area contributed by atoms with Gasteiger partial charge in [0.2, 0.25) is 9.70 Å². The van der Waals surface area contributed by atoms with Crippen LogP contribution in [0, 0.1) is 0 Å². The van der Waals surface area contributed by atoms with Gasteiger partial charge in [-0.25, -0.2) is 4.79 Å². The van der Waals surface area contributed by atoms with Crippen LogP contribution in [0.3, 0.4) is 0 Å². The number of hydrogen-bond acceptors (Lipinski definition) is 5. The van der Waals surface area contributed by atoms with E-state index in [2.05, 4.69) is 0 Å². The molecule has 0 aromatic heterocycles. The van der Waals surface area contributed by atoms with Gasteiger partial charge in [0.25, 0.3) is 0 Å². The zero-order chi connectivity index (χ0) is 14.4. The van der Waals surface area contributed by atoms with E-state index >= 15 is 0 Å². The molecule has 5 nitrogen and oxygen atoms in total. The highest BCUT2D eigenvalue weighted by molar-refractivity contribution is 8.00. The molecule has 2 aliphatic heterocycles. The van der Waals surface area contributed by atoms with Crippen molar-refractivity contribution < 1.29 is 14.3 Å². The van der Waals surface area contributed by atoms with Gasteiger partial charge < -0.3 is 10.5 Å². The lowest BCUT2D eigenvalue weighted by Gasteiger charge is -2.48. The molecule has 0 bridgehead atoms. The summed E-state index contributed by atoms with van der Waals surface area (Å²) < 4.78 is 3.24. The predicted molar refractivity (Wildman–Crippen MR) is 75.0 cm³/mol. The normalized spacial score (nSPS) is 27.0. The van der Waals surface area contributed by atoms with E-state index in [0.717, 1.165) is 5.57 Å². The molecule has 1 amide bonds. The van der Waals surface area contributed by atoms with E-state index in [1.165, 1.54) is 16.7 Å². The standard InChI is InChI=1S/C10H11Cl3N2O3S/c1-4-2-19-8-5(14)7(16)15(8)6(4)9(17)18-3-10(11,12)13/h5,8H,2-3,14H2,1H3. The summed E-state index contributed by atoms with van der Waals surface area (Å²) in [6.45, 7) is 1.38. The van der Waals surface area contributed by atoms with Gasteiger partial charge in [-0.1, -0.05) is 34.8 Å². The monoisotopic (exact) mass is 344 g/mol. The molecule has 0 aromatic rings. The zero-order valence-corrected chi connectivity index (χ0v) is 12.9. The number of thioether (sulfide) groups is 1. The van der Waals surface area contributed by atoms with Crippen LogP contribution in [0.15, 0.2) is 11.3 Å². The Hall–Kier alpha value is -0.140. The van der Waals surface area contributed by atoms with Gasteiger partial charge in [-0.3, -0.25) is 9.69 Å². The van der Waals surface area contributed by atoms with Crippen LogP contribution >= 0.6 is 46.6 Å². The third kappa shape index (κ3) is 2.97. The van der Waals surface area contributed by atoms with Crippen LogP contribution in [0.4, 0.5) is 0 Å². The quantitative estimate of drug-likeness (QED) is 0.465. The van der Waals surface area contributed by atoms with Gasteiger partial charge >= 0.3 is 5.97 Å². The minimum atomic E-state index is -1.68. The molecule has 2 rings (SSSR count). The van der Waals surface area contributed by atoms with Crippen molar-refractivity contribution in [2.45, 2.75) is 22.1 Å². The van der Waals surface area contributed by atoms with E-state index < -0.39 is 15.8 Å². The van der Waals surface area contributed by atoms with Crippen molar-refractivity contribution in [3.05, 3.63) is 11.3 Å². The lowest BCUT2D eigenvalue weighted by Crippen LogP contribution is -2.68. The lowest BCUT2D eigenvalue weighted by atomic mass is 10.0. The van der Waals surface area contributed by atoms with E-state index in [-0.39, 0.29) is 23.6 Å². The number of nitrogens with two attached hydrogens (primary N) is 1. The third-order valence-electron chi connectivity index (χ3n) is 2.76. The van der Waals surface area contributed by atoms with Gasteiger partial charge in [-0.05, 0) is 12.5 Å². The van der Waals surface area contributed by atoms with Gasteiger partial charge in [-0.2, -0.15) is 0 Å². The summed E-state index contributed by atoms with van der Waals surface area (Å²) in [6.07, 6.45) is 0. The number of alkyl halides is 3. The zero-order valence-electron chi connectivity index (χ0n) is 9.86. The number of nitrogens with zero attached hydrogens (tertiary/aromatic N) is 1. The molecule has 1 saturated heterocycles. The maximum Gasteiger partial charge on any atom is 0.355 e. The number of ether oxygens (including phenoxy) is 1. The van der Waals surface area contributed by atoms with Crippen LogP contribution in [-0.2, 0) is 14.3 Å². The number of carbonyl (C=O) groups is 2. The average molecular weight is 346 g/mol. The molecular weight excluding hydrogens is 335 g/mol. The molecule has 0 saturated carbocycles. The summed E-state index contributed by atoms with van der Waals surface area (Å²) in [5, 5.41) is -0.216. The number of hydrogen-bond donors (Lipinski definition) is 1. The van der Waals surface area contributed by atoms with Crippen LogP contribution in [0.5, 0.6) is 0 Å². The molecule has 9 heteroatoms. The van der Waals surface area contributed by atoms with E-state index in [0.29, 0.717) is 5.75 Å². The first-order valence-electron chi connectivity index (χ1n) is 5.36. The Bertz CT molecular complexity index is 463. The van der Waals surface area contributed by atoms with Crippen LogP contribution in [0.25, 0.3) is 0 Å². The Morgan fingerprint density at radius 1 is 1.58 bits per heavy atom. The van der Waals surface area contributed by atoms with Crippen LogP contribution in [0.1, 0.15) is 6.92 Å². The van der Waals surface area contributed by atoms with Gasteiger partial charge in [0.1, 0.15) is 23.7 Å². The predicted octanol–water partition coefficient (Wildman–Crippen LogP) is 1.42. The maximum atomic E-state index is 12.0. The molecule has 0 spiro atoms. The van der Waals surface area contributed by atoms with Crippen LogP contribution in [-0.4, -0.2) is 44.3 Å². The number of esters is 1. The molecule has 2 aliphatic rings. The fraction of sp³-hybridized carbons (Fsp3) is 0.600. The van der Waals surface area contributed by atoms with Gasteiger partial charge in [0, 0.05) is 5.75 Å². The number of β-lactam (4-membered cyclic amide) rings is 1. The Labute approximate surface area is 129 Å². The van der Waals surface area contributed by atoms with Crippen molar-refractivity contribution in [3.63, 3.8) is 0 Å². The molecule has 2 heterocycles. The van der Waals surface area contributed by atoms with Crippen molar-refractivity contribution in [2.24, 2.45) is 5.73 Å². The Morgan fingerprint density at radius 2 is 2.21 bits per heavy atom. The highest BCUT2D eigenvalue weighted by atomic mass is 35.6. The second kappa shape index (κ2) is 5.33. The second-order valence-electron chi connectivity index (χ2n) is 4.26. The summed E-state index contributed by atoms with van der Waals surface area (Å²) in [5.41, 5.74) is 6.64. The first-order valence-corrected chi connectivity index (χ1v) is 7.54. The average Bonchev–Trinajstić information content (AvgIpc) is 2.33. The third-order valence-corrected chi connectivity index (χ3v) is 4.53. The Morgan fingerprint density at radius 3 is 2.79 bits per heavy atom. The summed E-state index contributed by atoms with van der Waals surface area (Å²) in [7, 11) is 0. The minimum Gasteiger partial charge on any atom is -0.456 e. The molecule has 0 aliphatic carbocycles. The molecule has 2 N–H and O–H groups in total. The lowest BCUT2D eigenvalue weighted by molar-refractivity contribution is -0.150. The molecule has 2 unspecified atom stereocenters. The van der Waals surface area contributed by atoms with Crippen molar-refractivity contribution in [1.82, 2.24) is 4.90 Å². The van der Waals surface area contributed by atoms with Gasteiger partial charge in [0.05, 0.1) is 0 Å². The number of halogens is 3. The summed E-state index contributed by atoms with van der Waals surface area (Å²) in [6, 6.07) is -0.575. The largest absolute Gasteiger partial charge is 0.456 e. The molecule has 0 radical (unpaired) electrons. The molecule has 2 atom stereocenters. The van der Waals surface area contributed by atoms with E-state index in [1.807, 2.05) is 0 Å². The molecule has 19 heavy (non-hydrogen) atoms. The molecule has 106 valence electrons. The first-order chi connectivity index (χ1) is 8.72. The van der Waals surface area contributed by atoms with Gasteiger partial charge in [0.15, 0.2) is 0 Å². The minimum absolute atomic E-state index is 0.213. The van der Waals surface area contributed by atoms with Crippen LogP contribution < -0.4 is 5.73 Å². The highest BCUT2D eigenvalue weighted by Gasteiger charge is 2.51. The maximum absolute atomic E-state index is 12.0. The first kappa shape index (κ1) is 15.3. The van der Waals surface area contributed by atoms with Crippen molar-refractivity contribution in [3.8, 4) is 0 Å². The van der Waals surface area contributed by atoms with Crippen molar-refractivity contribution in [1.29, 1.82) is 0 Å². The van der Waals surface area contributed by atoms with Crippen LogP contribution in [0.2, 0.25) is 0 Å². The van der Waals surface area contributed by atoms with Crippen molar-refractivity contribution >= 4 is 58.4 Å². The second-order valence-corrected chi connectivity index (χ2v) is 7.88. The summed E-state index contributed by atoms with van der Waals surface area (Å²) in [5.74, 6) is -0.355. The topological polar surface area (TPSA) is 72.6 Å². The van der Waals surface area contributed by atoms with Gasteiger partial charge in [-0.15, -0.1) is 11.8 Å². The number of rotatable bonds is 2. The smallest absolute Gasteiger partial charge is 0.355 e. The Kier molecular flexibility index (Phi) is 4.28. The summed E-state index contributed by atoms with van der Waals surface area (Å²) in [4.78, 5) is 25.1. The van der Waals surface area contributed by atoms with E-state index in [4.69, 9.17) is 45.3 Å². The number of fused-ring (bicyclic) bond motifs is 1. The fourth-order valence-electron chi connectivity index (χ4n) is 1.87. The van der Waals surface area contributed by atoms with E-state index in [9.17, 15) is 9.59 Å². The number of amides is 1. The SMILES string of the molecule is CC1=C(C(=O)OCC(Cl)(Cl)Cl)N2C(=O)C(N)C2SC1. The highest BCUT2D eigenvalue weighted by Crippen LogP contribution is 2.39. The Balaban J connectivity index is 2.13. The van der Waals surface area contributed by atoms with E-state index in [1.54, 1.807) is 6.92 Å². The fourth-order valence-corrected chi connectivity index (χ4v) is 3.28. The van der Waals surface area contributed by atoms with Crippen molar-refractivity contribution in [2.75, 3.05) is 12.4 Å².